The Morgan fingerprint density at radius 3 is 1.35 bits per heavy atom. The number of hydrogen-bond donors (Lipinski definition) is 0. The molecule has 4 saturated carbocycles. The quantitative estimate of drug-likeness (QED) is 0.602. The predicted molar refractivity (Wildman–Crippen MR) is 123 cm³/mol. The minimum absolute atomic E-state index is 0.266. The van der Waals surface area contributed by atoms with Gasteiger partial charge in [-0.05, 0) is 55.8 Å². The van der Waals surface area contributed by atoms with Crippen molar-refractivity contribution in [1.82, 2.24) is 9.80 Å². The molecule has 0 aromatic carbocycles. The summed E-state index contributed by atoms with van der Waals surface area (Å²) in [6.45, 7) is 3.24. The van der Waals surface area contributed by atoms with Crippen molar-refractivity contribution in [2.45, 2.75) is 96.3 Å². The van der Waals surface area contributed by atoms with Crippen LogP contribution in [-0.2, 0) is 9.59 Å². The molecule has 0 radical (unpaired) electrons. The molecule has 2 amide bonds. The Bertz CT molecular complexity index is 591. The smallest absolute Gasteiger partial charge is 0.226 e. The number of fused-ring (bicyclic) bond motifs is 2. The Hall–Kier alpha value is -1.06. The molecule has 0 spiro atoms. The molecule has 0 aromatic heterocycles. The maximum absolute atomic E-state index is 13.5. The molecule has 4 heteroatoms. The lowest BCUT2D eigenvalue weighted by Gasteiger charge is -2.42. The third-order valence-corrected chi connectivity index (χ3v) is 9.90. The fourth-order valence-corrected chi connectivity index (χ4v) is 8.32. The molecule has 5 fully saturated rings. The Labute approximate surface area is 189 Å². The van der Waals surface area contributed by atoms with Crippen molar-refractivity contribution in [3.8, 4) is 0 Å². The third kappa shape index (κ3) is 4.55. The summed E-state index contributed by atoms with van der Waals surface area (Å²) in [5.41, 5.74) is 0. The lowest BCUT2D eigenvalue weighted by atomic mass is 9.65. The maximum Gasteiger partial charge on any atom is 0.226 e. The van der Waals surface area contributed by atoms with Gasteiger partial charge >= 0.3 is 0 Å². The molecular weight excluding hydrogens is 384 g/mol. The zero-order chi connectivity index (χ0) is 21.2. The van der Waals surface area contributed by atoms with Gasteiger partial charge < -0.3 is 9.80 Å². The minimum atomic E-state index is 0.266. The molecule has 31 heavy (non-hydrogen) atoms. The van der Waals surface area contributed by atoms with Gasteiger partial charge in [-0.15, -0.1) is 0 Å². The summed E-state index contributed by atoms with van der Waals surface area (Å²) in [6, 6.07) is 0. The zero-order valence-electron chi connectivity index (χ0n) is 19.6. The van der Waals surface area contributed by atoms with Gasteiger partial charge in [0.1, 0.15) is 0 Å². The van der Waals surface area contributed by atoms with E-state index in [2.05, 4.69) is 9.80 Å². The first-order valence-electron chi connectivity index (χ1n) is 13.8. The summed E-state index contributed by atoms with van der Waals surface area (Å²) in [6.07, 6.45) is 18.9. The average Bonchev–Trinajstić information content (AvgIpc) is 3.09. The first kappa shape index (κ1) is 21.8. The molecule has 0 bridgehead atoms. The fraction of sp³-hybridized carbons (Fsp3) is 0.926. The third-order valence-electron chi connectivity index (χ3n) is 9.90. The molecule has 4 aliphatic carbocycles. The Morgan fingerprint density at radius 2 is 0.871 bits per heavy atom. The van der Waals surface area contributed by atoms with Crippen LogP contribution in [0.1, 0.15) is 96.3 Å². The highest BCUT2D eigenvalue weighted by Gasteiger charge is 2.42. The molecule has 4 nitrogen and oxygen atoms in total. The van der Waals surface area contributed by atoms with E-state index in [0.717, 1.165) is 57.3 Å². The van der Waals surface area contributed by atoms with Gasteiger partial charge in [0, 0.05) is 38.0 Å². The predicted octanol–water partition coefficient (Wildman–Crippen LogP) is 5.26. The van der Waals surface area contributed by atoms with Crippen LogP contribution in [0.15, 0.2) is 0 Å². The topological polar surface area (TPSA) is 40.6 Å². The molecular formula is C27H44N2O2. The van der Waals surface area contributed by atoms with Crippen molar-refractivity contribution in [2.75, 3.05) is 26.2 Å². The van der Waals surface area contributed by atoms with E-state index in [4.69, 9.17) is 0 Å². The number of rotatable bonds is 2. The average molecular weight is 429 g/mol. The second kappa shape index (κ2) is 9.83. The van der Waals surface area contributed by atoms with Crippen molar-refractivity contribution in [2.24, 2.45) is 35.5 Å². The molecule has 6 atom stereocenters. The Kier molecular flexibility index (Phi) is 6.90. The second-order valence-electron chi connectivity index (χ2n) is 11.5. The zero-order valence-corrected chi connectivity index (χ0v) is 19.6. The number of amides is 2. The normalized spacial score (nSPS) is 39.2. The van der Waals surface area contributed by atoms with E-state index < -0.39 is 0 Å². The van der Waals surface area contributed by atoms with E-state index >= 15 is 0 Å². The molecule has 5 aliphatic rings. The molecule has 0 aromatic rings. The van der Waals surface area contributed by atoms with Crippen molar-refractivity contribution in [3.63, 3.8) is 0 Å². The summed E-state index contributed by atoms with van der Waals surface area (Å²) in [7, 11) is 0. The molecule has 174 valence electrons. The van der Waals surface area contributed by atoms with Crippen LogP contribution in [-0.4, -0.2) is 47.8 Å². The lowest BCUT2D eigenvalue weighted by Crippen LogP contribution is -2.46. The second-order valence-corrected chi connectivity index (χ2v) is 11.5. The minimum Gasteiger partial charge on any atom is -0.341 e. The number of carbonyl (C=O) groups is 2. The molecule has 1 heterocycles. The van der Waals surface area contributed by atoms with Crippen LogP contribution in [0, 0.1) is 35.5 Å². The first-order chi connectivity index (χ1) is 15.2. The summed E-state index contributed by atoms with van der Waals surface area (Å²) < 4.78 is 0. The van der Waals surface area contributed by atoms with E-state index in [1.54, 1.807) is 0 Å². The van der Waals surface area contributed by atoms with E-state index in [1.165, 1.54) is 77.0 Å². The lowest BCUT2D eigenvalue weighted by molar-refractivity contribution is -0.142. The highest BCUT2D eigenvalue weighted by atomic mass is 16.2. The van der Waals surface area contributed by atoms with E-state index in [9.17, 15) is 9.59 Å². The van der Waals surface area contributed by atoms with Crippen LogP contribution in [0.4, 0.5) is 0 Å². The van der Waals surface area contributed by atoms with Gasteiger partial charge in [-0.3, -0.25) is 9.59 Å². The van der Waals surface area contributed by atoms with Crippen LogP contribution >= 0.6 is 0 Å². The standard InChI is InChI=1S/C27H44N2O2/c30-26(24-14-5-10-20-8-1-3-12-22(20)24)28-16-7-17-29(19-18-28)27(31)25-15-6-11-21-9-2-4-13-23(21)25/h20-25H,1-19H2. The molecule has 5 rings (SSSR count). The number of hydrogen-bond acceptors (Lipinski definition) is 2. The fourth-order valence-electron chi connectivity index (χ4n) is 8.32. The summed E-state index contributed by atoms with van der Waals surface area (Å²) in [5.74, 6) is 4.27. The van der Waals surface area contributed by atoms with Crippen molar-refractivity contribution in [3.05, 3.63) is 0 Å². The SMILES string of the molecule is O=C(C1CCCC2CCCCC21)N1CCCN(C(=O)C2CCCC3CCCCC32)CC1. The Morgan fingerprint density at radius 1 is 0.452 bits per heavy atom. The maximum atomic E-state index is 13.5. The van der Waals surface area contributed by atoms with E-state index in [-0.39, 0.29) is 11.8 Å². The van der Waals surface area contributed by atoms with Gasteiger partial charge in [0.05, 0.1) is 0 Å². The molecule has 1 aliphatic heterocycles. The monoisotopic (exact) mass is 428 g/mol. The van der Waals surface area contributed by atoms with Crippen LogP contribution < -0.4 is 0 Å². The highest BCUT2D eigenvalue weighted by Crippen LogP contribution is 2.45. The molecule has 0 N–H and O–H groups in total. The number of carbonyl (C=O) groups excluding carboxylic acids is 2. The first-order valence-corrected chi connectivity index (χ1v) is 13.8. The van der Waals surface area contributed by atoms with E-state index in [0.29, 0.717) is 23.7 Å². The summed E-state index contributed by atoms with van der Waals surface area (Å²) >= 11 is 0. The van der Waals surface area contributed by atoms with Crippen LogP contribution in [0.3, 0.4) is 0 Å². The Balaban J connectivity index is 1.20. The van der Waals surface area contributed by atoms with Crippen molar-refractivity contribution < 1.29 is 9.59 Å². The van der Waals surface area contributed by atoms with Crippen LogP contribution in [0.2, 0.25) is 0 Å². The number of nitrogens with zero attached hydrogens (tertiary/aromatic N) is 2. The van der Waals surface area contributed by atoms with Crippen molar-refractivity contribution in [1.29, 1.82) is 0 Å². The van der Waals surface area contributed by atoms with Crippen LogP contribution in [0.25, 0.3) is 0 Å². The molecule has 6 unspecified atom stereocenters. The van der Waals surface area contributed by atoms with Crippen LogP contribution in [0.5, 0.6) is 0 Å². The van der Waals surface area contributed by atoms with Gasteiger partial charge in [-0.1, -0.05) is 64.2 Å². The van der Waals surface area contributed by atoms with Gasteiger partial charge in [0.25, 0.3) is 0 Å². The van der Waals surface area contributed by atoms with Crippen molar-refractivity contribution >= 4 is 11.8 Å². The summed E-state index contributed by atoms with van der Waals surface area (Å²) in [4.78, 5) is 31.4. The molecule has 1 saturated heterocycles. The van der Waals surface area contributed by atoms with Gasteiger partial charge in [0.2, 0.25) is 11.8 Å². The highest BCUT2D eigenvalue weighted by molar-refractivity contribution is 5.81. The van der Waals surface area contributed by atoms with Gasteiger partial charge in [-0.2, -0.15) is 0 Å². The van der Waals surface area contributed by atoms with Gasteiger partial charge in [0.15, 0.2) is 0 Å². The van der Waals surface area contributed by atoms with E-state index in [1.807, 2.05) is 0 Å². The largest absolute Gasteiger partial charge is 0.341 e. The summed E-state index contributed by atoms with van der Waals surface area (Å²) in [5, 5.41) is 0. The van der Waals surface area contributed by atoms with Gasteiger partial charge in [-0.25, -0.2) is 0 Å².